The number of fused-ring (bicyclic) bond motifs is 1. The van der Waals surface area contributed by atoms with Gasteiger partial charge in [0.15, 0.2) is 0 Å². The zero-order valence-electron chi connectivity index (χ0n) is 17.8. The number of aromatic nitrogens is 2. The van der Waals surface area contributed by atoms with Gasteiger partial charge < -0.3 is 9.84 Å². The molecule has 1 unspecified atom stereocenters. The van der Waals surface area contributed by atoms with Crippen LogP contribution in [0.3, 0.4) is 0 Å². The molecule has 0 amide bonds. The van der Waals surface area contributed by atoms with Gasteiger partial charge in [0.05, 0.1) is 6.54 Å². The van der Waals surface area contributed by atoms with Gasteiger partial charge in [0.1, 0.15) is 0 Å². The van der Waals surface area contributed by atoms with E-state index in [0.29, 0.717) is 30.2 Å². The van der Waals surface area contributed by atoms with Crippen LogP contribution in [0.2, 0.25) is 0 Å². The number of hydrogen-bond donors (Lipinski definition) is 1. The summed E-state index contributed by atoms with van der Waals surface area (Å²) in [6, 6.07) is 15.4. The molecule has 1 aliphatic rings. The van der Waals surface area contributed by atoms with Crippen molar-refractivity contribution >= 4 is 5.69 Å². The van der Waals surface area contributed by atoms with Crippen molar-refractivity contribution in [2.24, 2.45) is 5.92 Å². The Morgan fingerprint density at radius 2 is 1.86 bits per heavy atom. The molecule has 1 atom stereocenters. The van der Waals surface area contributed by atoms with Gasteiger partial charge in [0.2, 0.25) is 11.7 Å². The first-order valence-electron chi connectivity index (χ1n) is 10.6. The van der Waals surface area contributed by atoms with E-state index in [0.717, 1.165) is 30.8 Å². The number of nitrogens with one attached hydrogen (secondary N) is 1. The van der Waals surface area contributed by atoms with Gasteiger partial charge in [-0.05, 0) is 42.0 Å². The lowest BCUT2D eigenvalue weighted by molar-refractivity contribution is 0.170. The van der Waals surface area contributed by atoms with Crippen molar-refractivity contribution in [1.82, 2.24) is 15.0 Å². The minimum atomic E-state index is 0.524. The Hall–Kier alpha value is -2.66. The lowest BCUT2D eigenvalue weighted by atomic mass is 10.1. The molecule has 0 radical (unpaired) electrons. The van der Waals surface area contributed by atoms with E-state index in [4.69, 9.17) is 4.52 Å². The van der Waals surface area contributed by atoms with Crippen LogP contribution < -0.4 is 5.32 Å². The van der Waals surface area contributed by atoms with Crippen LogP contribution in [0, 0.1) is 5.92 Å². The minimum Gasteiger partial charge on any atom is -0.376 e. The molecule has 1 N–H and O–H groups in total. The van der Waals surface area contributed by atoms with Gasteiger partial charge in [-0.25, -0.2) is 0 Å². The average Bonchev–Trinajstić information content (AvgIpc) is 3.39. The summed E-state index contributed by atoms with van der Waals surface area (Å²) in [5, 5.41) is 7.66. The summed E-state index contributed by atoms with van der Waals surface area (Å²) in [6.45, 7) is 11.6. The van der Waals surface area contributed by atoms with Crippen molar-refractivity contribution in [3.8, 4) is 11.4 Å². The second-order valence-corrected chi connectivity index (χ2v) is 8.25. The molecule has 29 heavy (non-hydrogen) atoms. The molecular weight excluding hydrogens is 360 g/mol. The van der Waals surface area contributed by atoms with Gasteiger partial charge in [-0.1, -0.05) is 62.3 Å². The Labute approximate surface area is 173 Å². The van der Waals surface area contributed by atoms with E-state index in [1.165, 1.54) is 16.7 Å². The Morgan fingerprint density at radius 3 is 2.59 bits per heavy atom. The highest BCUT2D eigenvalue weighted by atomic mass is 16.5. The minimum absolute atomic E-state index is 0.524. The molecule has 0 saturated heterocycles. The summed E-state index contributed by atoms with van der Waals surface area (Å²) in [6.07, 6.45) is 1.02. The Balaban J connectivity index is 1.43. The summed E-state index contributed by atoms with van der Waals surface area (Å²) in [4.78, 5) is 7.11. The maximum absolute atomic E-state index is 5.47. The predicted molar refractivity (Wildman–Crippen MR) is 116 cm³/mol. The van der Waals surface area contributed by atoms with Crippen LogP contribution in [0.4, 0.5) is 5.69 Å². The second kappa shape index (κ2) is 8.37. The fourth-order valence-electron chi connectivity index (χ4n) is 3.83. The van der Waals surface area contributed by atoms with Gasteiger partial charge >= 0.3 is 0 Å². The van der Waals surface area contributed by atoms with E-state index in [2.05, 4.69) is 90.5 Å². The maximum atomic E-state index is 5.47. The van der Waals surface area contributed by atoms with Crippen molar-refractivity contribution in [3.05, 3.63) is 65.0 Å². The van der Waals surface area contributed by atoms with Gasteiger partial charge in [0.25, 0.3) is 0 Å². The zero-order chi connectivity index (χ0) is 20.4. The smallest absolute Gasteiger partial charge is 0.246 e. The molecule has 4 rings (SSSR count). The second-order valence-electron chi connectivity index (χ2n) is 8.25. The molecule has 0 fully saturated rings. The van der Waals surface area contributed by atoms with Crippen LogP contribution in [0.25, 0.3) is 11.4 Å². The Kier molecular flexibility index (Phi) is 5.67. The maximum Gasteiger partial charge on any atom is 0.246 e. The van der Waals surface area contributed by atoms with E-state index in [1.807, 2.05) is 0 Å². The quantitative estimate of drug-likeness (QED) is 0.595. The molecule has 0 bridgehead atoms. The normalized spacial score (nSPS) is 14.9. The summed E-state index contributed by atoms with van der Waals surface area (Å²) >= 11 is 0. The van der Waals surface area contributed by atoms with Crippen LogP contribution in [0.15, 0.2) is 47.0 Å². The Morgan fingerprint density at radius 1 is 1.07 bits per heavy atom. The fourth-order valence-corrected chi connectivity index (χ4v) is 3.83. The van der Waals surface area contributed by atoms with Gasteiger partial charge in [-0.15, -0.1) is 0 Å². The van der Waals surface area contributed by atoms with Crippen molar-refractivity contribution in [3.63, 3.8) is 0 Å². The van der Waals surface area contributed by atoms with E-state index < -0.39 is 0 Å². The first kappa shape index (κ1) is 19.6. The first-order chi connectivity index (χ1) is 14.0. The highest BCUT2D eigenvalue weighted by molar-refractivity contribution is 5.57. The molecule has 2 aromatic carbocycles. The number of benzene rings is 2. The highest BCUT2D eigenvalue weighted by Crippen LogP contribution is 2.32. The topological polar surface area (TPSA) is 54.2 Å². The molecule has 152 valence electrons. The molecule has 0 aliphatic carbocycles. The van der Waals surface area contributed by atoms with E-state index in [9.17, 15) is 0 Å². The number of anilines is 1. The number of rotatable bonds is 7. The lowest BCUT2D eigenvalue weighted by Crippen LogP contribution is -2.32. The van der Waals surface area contributed by atoms with Crippen LogP contribution in [-0.2, 0) is 26.1 Å². The van der Waals surface area contributed by atoms with E-state index in [-0.39, 0.29) is 0 Å². The fraction of sp³-hybridized carbons (Fsp3) is 0.417. The molecule has 0 spiro atoms. The predicted octanol–water partition coefficient (Wildman–Crippen LogP) is 5.27. The molecular formula is C24H30N4O. The first-order valence-corrected chi connectivity index (χ1v) is 10.6. The SMILES string of the molecule is CCc1ccc(-c2noc(CNc3cccc4c3CN(C(C)C(C)C)C4)n2)cc1. The summed E-state index contributed by atoms with van der Waals surface area (Å²) in [7, 11) is 0. The molecule has 2 heterocycles. The number of aryl methyl sites for hydroxylation is 1. The van der Waals surface area contributed by atoms with Gasteiger partial charge in [0, 0.05) is 30.4 Å². The van der Waals surface area contributed by atoms with Crippen molar-refractivity contribution in [1.29, 1.82) is 0 Å². The average molecular weight is 391 g/mol. The molecule has 3 aromatic rings. The third kappa shape index (κ3) is 4.20. The summed E-state index contributed by atoms with van der Waals surface area (Å²) in [5.41, 5.74) is 6.24. The van der Waals surface area contributed by atoms with E-state index in [1.54, 1.807) is 0 Å². The number of nitrogens with zero attached hydrogens (tertiary/aromatic N) is 3. The molecule has 1 aliphatic heterocycles. The molecule has 1 aromatic heterocycles. The Bertz CT molecular complexity index is 961. The van der Waals surface area contributed by atoms with E-state index >= 15 is 0 Å². The van der Waals surface area contributed by atoms with Crippen molar-refractivity contribution < 1.29 is 4.52 Å². The lowest BCUT2D eigenvalue weighted by Gasteiger charge is -2.27. The third-order valence-electron chi connectivity index (χ3n) is 6.07. The highest BCUT2D eigenvalue weighted by Gasteiger charge is 2.26. The van der Waals surface area contributed by atoms with Crippen LogP contribution in [-0.4, -0.2) is 21.1 Å². The third-order valence-corrected chi connectivity index (χ3v) is 6.07. The molecule has 5 nitrogen and oxygen atoms in total. The van der Waals surface area contributed by atoms with Gasteiger partial charge in [-0.2, -0.15) is 4.98 Å². The van der Waals surface area contributed by atoms with Crippen LogP contribution in [0.1, 0.15) is 50.3 Å². The monoisotopic (exact) mass is 390 g/mol. The van der Waals surface area contributed by atoms with Gasteiger partial charge in [-0.3, -0.25) is 4.90 Å². The van der Waals surface area contributed by atoms with Crippen molar-refractivity contribution in [2.45, 2.75) is 59.8 Å². The summed E-state index contributed by atoms with van der Waals surface area (Å²) in [5.74, 6) is 1.88. The zero-order valence-corrected chi connectivity index (χ0v) is 17.8. The molecule has 0 saturated carbocycles. The van der Waals surface area contributed by atoms with Crippen LogP contribution >= 0.6 is 0 Å². The largest absolute Gasteiger partial charge is 0.376 e. The van der Waals surface area contributed by atoms with Crippen molar-refractivity contribution in [2.75, 3.05) is 5.32 Å². The number of hydrogen-bond acceptors (Lipinski definition) is 5. The standard InChI is InChI=1S/C24H30N4O/c1-5-18-9-11-19(12-10-18)24-26-23(29-27-24)13-25-22-8-6-7-20-14-28(15-21(20)22)17(4)16(2)3/h6-12,16-17,25H,5,13-15H2,1-4H3. The summed E-state index contributed by atoms with van der Waals surface area (Å²) < 4.78 is 5.47. The molecule has 5 heteroatoms. The van der Waals surface area contributed by atoms with Crippen LogP contribution in [0.5, 0.6) is 0 Å².